The van der Waals surface area contributed by atoms with Gasteiger partial charge in [-0.15, -0.1) is 0 Å². The number of phenols is 1. The first-order valence-corrected chi connectivity index (χ1v) is 4.47. The van der Waals surface area contributed by atoms with Gasteiger partial charge in [-0.2, -0.15) is 0 Å². The van der Waals surface area contributed by atoms with Crippen LogP contribution in [0, 0.1) is 0 Å². The van der Waals surface area contributed by atoms with E-state index in [0.29, 0.717) is 5.75 Å². The van der Waals surface area contributed by atoms with Crippen molar-refractivity contribution in [1.82, 2.24) is 0 Å². The van der Waals surface area contributed by atoms with Gasteiger partial charge in [-0.3, -0.25) is 4.99 Å². The molecule has 1 heterocycles. The number of allylic oxidation sites excluding steroid dienone is 2. The van der Waals surface area contributed by atoms with Gasteiger partial charge in [-0.05, 0) is 41.8 Å². The average molecular weight is 185 g/mol. The zero-order valence-corrected chi connectivity index (χ0v) is 7.94. The van der Waals surface area contributed by atoms with Gasteiger partial charge in [0.25, 0.3) is 0 Å². The Balaban J connectivity index is 2.62. The van der Waals surface area contributed by atoms with Crippen LogP contribution in [0.2, 0.25) is 0 Å². The highest BCUT2D eigenvalue weighted by atomic mass is 16.3. The Kier molecular flexibility index (Phi) is 2.19. The second kappa shape index (κ2) is 3.50. The Morgan fingerprint density at radius 3 is 3.00 bits per heavy atom. The summed E-state index contributed by atoms with van der Waals surface area (Å²) in [5, 5.41) is 9.35. The molecule has 70 valence electrons. The minimum absolute atomic E-state index is 0.290. The number of benzene rings is 1. The first-order valence-electron chi connectivity index (χ1n) is 4.47. The lowest BCUT2D eigenvalue weighted by molar-refractivity contribution is 0.475. The lowest BCUT2D eigenvalue weighted by atomic mass is 10.0. The summed E-state index contributed by atoms with van der Waals surface area (Å²) in [5.74, 6) is 0.290. The summed E-state index contributed by atoms with van der Waals surface area (Å²) >= 11 is 0. The van der Waals surface area contributed by atoms with E-state index in [1.165, 1.54) is 0 Å². The summed E-state index contributed by atoms with van der Waals surface area (Å²) in [6.07, 6.45) is 7.35. The molecule has 1 N–H and O–H groups in total. The van der Waals surface area contributed by atoms with Crippen molar-refractivity contribution in [2.24, 2.45) is 4.99 Å². The van der Waals surface area contributed by atoms with E-state index in [1.54, 1.807) is 18.3 Å². The molecule has 0 bridgehead atoms. The van der Waals surface area contributed by atoms with Gasteiger partial charge in [0.2, 0.25) is 0 Å². The van der Waals surface area contributed by atoms with Crippen molar-refractivity contribution in [3.8, 4) is 5.75 Å². The molecule has 2 nitrogen and oxygen atoms in total. The van der Waals surface area contributed by atoms with Crippen LogP contribution >= 0.6 is 0 Å². The molecule has 0 spiro atoms. The average Bonchev–Trinajstić information content (AvgIpc) is 2.14. The molecule has 0 atom stereocenters. The first-order chi connectivity index (χ1) is 6.77. The SMILES string of the molecule is C/C1=C/N=C/C=C\c2cc(O)ccc21. The number of phenolic OH excluding ortho intramolecular Hbond substituents is 1. The third-order valence-electron chi connectivity index (χ3n) is 2.18. The van der Waals surface area contributed by atoms with Gasteiger partial charge >= 0.3 is 0 Å². The number of fused-ring (bicyclic) bond motifs is 1. The molecule has 0 unspecified atom stereocenters. The number of aliphatic imine (C=N–C) groups is 1. The molecule has 0 radical (unpaired) electrons. The molecule has 0 aliphatic carbocycles. The van der Waals surface area contributed by atoms with E-state index in [2.05, 4.69) is 4.99 Å². The van der Waals surface area contributed by atoms with Crippen LogP contribution in [0.1, 0.15) is 18.1 Å². The third kappa shape index (κ3) is 1.59. The predicted molar refractivity (Wildman–Crippen MR) is 59.3 cm³/mol. The molecule has 1 aliphatic heterocycles. The second-order valence-corrected chi connectivity index (χ2v) is 3.24. The zero-order valence-electron chi connectivity index (χ0n) is 7.94. The van der Waals surface area contributed by atoms with E-state index in [-0.39, 0.29) is 0 Å². The molecule has 0 fully saturated rings. The minimum atomic E-state index is 0.290. The molecule has 0 saturated carbocycles. The number of hydrogen-bond donors (Lipinski definition) is 1. The topological polar surface area (TPSA) is 32.6 Å². The first kappa shape index (κ1) is 8.75. The van der Waals surface area contributed by atoms with Gasteiger partial charge in [-0.1, -0.05) is 12.1 Å². The summed E-state index contributed by atoms with van der Waals surface area (Å²) in [6, 6.07) is 5.35. The summed E-state index contributed by atoms with van der Waals surface area (Å²) in [5.41, 5.74) is 3.22. The smallest absolute Gasteiger partial charge is 0.116 e. The Labute approximate surface area is 82.9 Å². The van der Waals surface area contributed by atoms with Crippen molar-refractivity contribution in [3.63, 3.8) is 0 Å². The standard InChI is InChI=1S/C12H11NO/c1-9-8-13-6-2-3-10-7-11(14)4-5-12(9)10/h2-8,14H,1H3/b3-2-,6-2?,9-8-,10-3?,12-9?,13-6+,13-8?. The zero-order chi connectivity index (χ0) is 9.97. The fourth-order valence-corrected chi connectivity index (χ4v) is 1.47. The van der Waals surface area contributed by atoms with E-state index < -0.39 is 0 Å². The molecule has 1 aromatic carbocycles. The van der Waals surface area contributed by atoms with E-state index >= 15 is 0 Å². The summed E-state index contributed by atoms with van der Waals surface area (Å²) in [4.78, 5) is 4.10. The van der Waals surface area contributed by atoms with Gasteiger partial charge in [0.05, 0.1) is 0 Å². The molecule has 0 saturated heterocycles. The molecule has 14 heavy (non-hydrogen) atoms. The van der Waals surface area contributed by atoms with Crippen LogP contribution in [0.15, 0.2) is 35.5 Å². The Hall–Kier alpha value is -1.83. The largest absolute Gasteiger partial charge is 0.508 e. The summed E-state index contributed by atoms with van der Waals surface area (Å²) in [7, 11) is 0. The minimum Gasteiger partial charge on any atom is -0.508 e. The van der Waals surface area contributed by atoms with E-state index in [4.69, 9.17) is 0 Å². The third-order valence-corrected chi connectivity index (χ3v) is 2.18. The fraction of sp³-hybridized carbons (Fsp3) is 0.0833. The second-order valence-electron chi connectivity index (χ2n) is 3.24. The molecule has 2 rings (SSSR count). The molecular formula is C12H11NO. The van der Waals surface area contributed by atoms with Crippen molar-refractivity contribution >= 4 is 17.9 Å². The van der Waals surface area contributed by atoms with Crippen LogP contribution in [-0.4, -0.2) is 11.3 Å². The fourth-order valence-electron chi connectivity index (χ4n) is 1.47. The Morgan fingerprint density at radius 2 is 2.14 bits per heavy atom. The normalized spacial score (nSPS) is 22.5. The maximum atomic E-state index is 9.35. The molecular weight excluding hydrogens is 174 g/mol. The highest BCUT2D eigenvalue weighted by molar-refractivity contribution is 5.85. The van der Waals surface area contributed by atoms with Crippen molar-refractivity contribution in [3.05, 3.63) is 41.6 Å². The lowest BCUT2D eigenvalue weighted by Gasteiger charge is -2.07. The van der Waals surface area contributed by atoms with Gasteiger partial charge in [0, 0.05) is 12.4 Å². The highest BCUT2D eigenvalue weighted by Gasteiger charge is 2.03. The quantitative estimate of drug-likeness (QED) is 0.662. The molecule has 2 heteroatoms. The van der Waals surface area contributed by atoms with Crippen LogP contribution in [-0.2, 0) is 0 Å². The van der Waals surface area contributed by atoms with E-state index in [0.717, 1.165) is 16.7 Å². The molecule has 0 amide bonds. The highest BCUT2D eigenvalue weighted by Crippen LogP contribution is 2.24. The van der Waals surface area contributed by atoms with Crippen LogP contribution in [0.3, 0.4) is 0 Å². The summed E-state index contributed by atoms with van der Waals surface area (Å²) < 4.78 is 0. The Morgan fingerprint density at radius 1 is 1.29 bits per heavy atom. The number of rotatable bonds is 0. The molecule has 0 aromatic heterocycles. The van der Waals surface area contributed by atoms with E-state index in [1.807, 2.05) is 31.3 Å². The van der Waals surface area contributed by atoms with Crippen molar-refractivity contribution in [2.75, 3.05) is 0 Å². The van der Waals surface area contributed by atoms with Gasteiger partial charge < -0.3 is 5.11 Å². The monoisotopic (exact) mass is 185 g/mol. The predicted octanol–water partition coefficient (Wildman–Crippen LogP) is 2.85. The van der Waals surface area contributed by atoms with Crippen LogP contribution in [0.25, 0.3) is 11.6 Å². The maximum Gasteiger partial charge on any atom is 0.116 e. The van der Waals surface area contributed by atoms with Crippen molar-refractivity contribution in [2.45, 2.75) is 6.92 Å². The molecule has 1 aliphatic rings. The van der Waals surface area contributed by atoms with Crippen LogP contribution in [0.4, 0.5) is 0 Å². The number of aromatic hydroxyl groups is 1. The number of nitrogens with zero attached hydrogens (tertiary/aromatic N) is 1. The molecule has 1 aromatic rings. The maximum absolute atomic E-state index is 9.35. The lowest BCUT2D eigenvalue weighted by Crippen LogP contribution is -1.87. The van der Waals surface area contributed by atoms with Crippen molar-refractivity contribution < 1.29 is 5.11 Å². The van der Waals surface area contributed by atoms with E-state index in [9.17, 15) is 5.11 Å². The van der Waals surface area contributed by atoms with Gasteiger partial charge in [0.1, 0.15) is 5.75 Å². The van der Waals surface area contributed by atoms with Crippen LogP contribution < -0.4 is 0 Å². The van der Waals surface area contributed by atoms with Crippen molar-refractivity contribution in [1.29, 1.82) is 0 Å². The summed E-state index contributed by atoms with van der Waals surface area (Å²) in [6.45, 7) is 2.01. The number of hydrogen-bond acceptors (Lipinski definition) is 2. The van der Waals surface area contributed by atoms with Crippen LogP contribution in [0.5, 0.6) is 5.75 Å². The Bertz CT molecular complexity index is 442. The van der Waals surface area contributed by atoms with Gasteiger partial charge in [-0.25, -0.2) is 0 Å². The van der Waals surface area contributed by atoms with Gasteiger partial charge in [0.15, 0.2) is 0 Å².